The molecule has 2 aliphatic heterocycles. The Kier molecular flexibility index (Phi) is 2.62. The van der Waals surface area contributed by atoms with Gasteiger partial charge >= 0.3 is 0 Å². The van der Waals surface area contributed by atoms with Gasteiger partial charge < -0.3 is 14.2 Å². The molecule has 0 bridgehead atoms. The molecule has 1 saturated carbocycles. The first-order chi connectivity index (χ1) is 9.74. The Morgan fingerprint density at radius 3 is 2.85 bits per heavy atom. The molecule has 0 unspecified atom stereocenters. The van der Waals surface area contributed by atoms with Crippen molar-refractivity contribution in [3.05, 3.63) is 24.2 Å². The lowest BCUT2D eigenvalue weighted by molar-refractivity contribution is -0.129. The standard InChI is InChI=1S/C15H18N2O3/c18-14-8-12-11(17(14)9-10-3-4-10)5-6-16(12)15(19)13-2-1-7-20-13/h1-2,7,10-12H,3-6,8-9H2/t11-,12+/m0/s1. The molecule has 3 aliphatic rings. The molecule has 20 heavy (non-hydrogen) atoms. The van der Waals surface area contributed by atoms with Crippen LogP contribution in [0.5, 0.6) is 0 Å². The SMILES string of the molecule is O=C(c1ccco1)N1CC[C@H]2[C@H]1CC(=O)N2CC1CC1. The second-order valence-electron chi connectivity index (χ2n) is 6.09. The Morgan fingerprint density at radius 2 is 2.15 bits per heavy atom. The Balaban J connectivity index is 1.52. The van der Waals surface area contributed by atoms with Crippen LogP contribution in [0.3, 0.4) is 0 Å². The van der Waals surface area contributed by atoms with Crippen molar-refractivity contribution in [1.82, 2.24) is 9.80 Å². The Labute approximate surface area is 117 Å². The third kappa shape index (κ3) is 1.84. The fourth-order valence-electron chi connectivity index (χ4n) is 3.54. The number of nitrogens with zero attached hydrogens (tertiary/aromatic N) is 2. The molecule has 0 radical (unpaired) electrons. The van der Waals surface area contributed by atoms with Crippen LogP contribution < -0.4 is 0 Å². The average molecular weight is 274 g/mol. The molecule has 3 fully saturated rings. The highest BCUT2D eigenvalue weighted by molar-refractivity contribution is 5.93. The lowest BCUT2D eigenvalue weighted by Crippen LogP contribution is -2.40. The summed E-state index contributed by atoms with van der Waals surface area (Å²) in [6, 6.07) is 3.68. The quantitative estimate of drug-likeness (QED) is 0.839. The van der Waals surface area contributed by atoms with E-state index in [1.165, 1.54) is 19.1 Å². The van der Waals surface area contributed by atoms with E-state index in [9.17, 15) is 9.59 Å². The largest absolute Gasteiger partial charge is 0.459 e. The van der Waals surface area contributed by atoms with Gasteiger partial charge in [0.2, 0.25) is 5.91 Å². The Bertz CT molecular complexity index is 535. The van der Waals surface area contributed by atoms with Gasteiger partial charge in [-0.3, -0.25) is 9.59 Å². The number of hydrogen-bond donors (Lipinski definition) is 0. The summed E-state index contributed by atoms with van der Waals surface area (Å²) in [5.41, 5.74) is 0. The second kappa shape index (κ2) is 4.36. The summed E-state index contributed by atoms with van der Waals surface area (Å²) in [7, 11) is 0. The van der Waals surface area contributed by atoms with Gasteiger partial charge in [-0.15, -0.1) is 0 Å². The zero-order valence-corrected chi connectivity index (χ0v) is 11.3. The van der Waals surface area contributed by atoms with Crippen LogP contribution in [0, 0.1) is 5.92 Å². The van der Waals surface area contributed by atoms with Crippen molar-refractivity contribution in [2.45, 2.75) is 37.8 Å². The fraction of sp³-hybridized carbons (Fsp3) is 0.600. The maximum atomic E-state index is 12.4. The summed E-state index contributed by atoms with van der Waals surface area (Å²) in [5.74, 6) is 1.21. The topological polar surface area (TPSA) is 53.8 Å². The molecule has 1 aliphatic carbocycles. The summed E-state index contributed by atoms with van der Waals surface area (Å²) in [4.78, 5) is 28.4. The van der Waals surface area contributed by atoms with Crippen molar-refractivity contribution in [1.29, 1.82) is 0 Å². The maximum Gasteiger partial charge on any atom is 0.289 e. The lowest BCUT2D eigenvalue weighted by atomic mass is 10.1. The zero-order chi connectivity index (χ0) is 13.7. The zero-order valence-electron chi connectivity index (χ0n) is 11.3. The van der Waals surface area contributed by atoms with Gasteiger partial charge in [-0.05, 0) is 37.3 Å². The molecule has 106 valence electrons. The lowest BCUT2D eigenvalue weighted by Gasteiger charge is -2.25. The first-order valence-electron chi connectivity index (χ1n) is 7.38. The van der Waals surface area contributed by atoms with Crippen molar-refractivity contribution in [2.75, 3.05) is 13.1 Å². The smallest absolute Gasteiger partial charge is 0.289 e. The van der Waals surface area contributed by atoms with Gasteiger partial charge in [0.25, 0.3) is 5.91 Å². The number of furan rings is 1. The van der Waals surface area contributed by atoms with Gasteiger partial charge in [-0.25, -0.2) is 0 Å². The predicted molar refractivity (Wildman–Crippen MR) is 71.0 cm³/mol. The highest BCUT2D eigenvalue weighted by Crippen LogP contribution is 2.37. The molecule has 5 heteroatoms. The number of rotatable bonds is 3. The van der Waals surface area contributed by atoms with Crippen LogP contribution in [0.25, 0.3) is 0 Å². The van der Waals surface area contributed by atoms with Crippen molar-refractivity contribution in [3.8, 4) is 0 Å². The van der Waals surface area contributed by atoms with Gasteiger partial charge in [0, 0.05) is 19.5 Å². The van der Waals surface area contributed by atoms with Crippen LogP contribution in [-0.2, 0) is 4.79 Å². The molecule has 2 saturated heterocycles. The second-order valence-corrected chi connectivity index (χ2v) is 6.09. The highest BCUT2D eigenvalue weighted by atomic mass is 16.3. The molecular formula is C15H18N2O3. The summed E-state index contributed by atoms with van der Waals surface area (Å²) in [6.45, 7) is 1.62. The van der Waals surface area contributed by atoms with Crippen LogP contribution in [0.4, 0.5) is 0 Å². The predicted octanol–water partition coefficient (Wildman–Crippen LogP) is 1.50. The van der Waals surface area contributed by atoms with Gasteiger partial charge in [0.05, 0.1) is 18.3 Å². The van der Waals surface area contributed by atoms with E-state index in [1.54, 1.807) is 12.1 Å². The highest BCUT2D eigenvalue weighted by Gasteiger charge is 2.49. The minimum Gasteiger partial charge on any atom is -0.459 e. The van der Waals surface area contributed by atoms with Crippen LogP contribution >= 0.6 is 0 Å². The minimum atomic E-state index is -0.0800. The molecule has 2 atom stereocenters. The number of fused-ring (bicyclic) bond motifs is 1. The molecule has 0 spiro atoms. The van der Waals surface area contributed by atoms with Crippen molar-refractivity contribution in [2.24, 2.45) is 5.92 Å². The van der Waals surface area contributed by atoms with E-state index in [1.807, 2.05) is 9.80 Å². The van der Waals surface area contributed by atoms with E-state index in [0.29, 0.717) is 18.1 Å². The van der Waals surface area contributed by atoms with Crippen LogP contribution in [0.1, 0.15) is 36.2 Å². The van der Waals surface area contributed by atoms with E-state index in [-0.39, 0.29) is 23.9 Å². The molecule has 5 nitrogen and oxygen atoms in total. The molecule has 3 heterocycles. The van der Waals surface area contributed by atoms with Crippen LogP contribution in [-0.4, -0.2) is 46.8 Å². The Morgan fingerprint density at radius 1 is 1.30 bits per heavy atom. The third-order valence-corrected chi connectivity index (χ3v) is 4.76. The molecular weight excluding hydrogens is 256 g/mol. The number of amides is 2. The summed E-state index contributed by atoms with van der Waals surface area (Å²) < 4.78 is 5.19. The van der Waals surface area contributed by atoms with Crippen molar-refractivity contribution >= 4 is 11.8 Å². The van der Waals surface area contributed by atoms with Gasteiger partial charge in [0.1, 0.15) is 0 Å². The number of likely N-dealkylation sites (tertiary alicyclic amines) is 2. The van der Waals surface area contributed by atoms with Crippen molar-refractivity contribution in [3.63, 3.8) is 0 Å². The third-order valence-electron chi connectivity index (χ3n) is 4.76. The molecule has 2 amide bonds. The molecule has 0 N–H and O–H groups in total. The minimum absolute atomic E-state index is 0.0406. The van der Waals surface area contributed by atoms with E-state index < -0.39 is 0 Å². The summed E-state index contributed by atoms with van der Waals surface area (Å²) in [6.07, 6.45) is 5.38. The first kappa shape index (κ1) is 12.0. The monoisotopic (exact) mass is 274 g/mol. The van der Waals surface area contributed by atoms with Crippen molar-refractivity contribution < 1.29 is 14.0 Å². The van der Waals surface area contributed by atoms with E-state index in [4.69, 9.17) is 4.42 Å². The summed E-state index contributed by atoms with van der Waals surface area (Å²) in [5, 5.41) is 0. The molecule has 0 aromatic carbocycles. The van der Waals surface area contributed by atoms with Gasteiger partial charge in [-0.1, -0.05) is 0 Å². The number of carbonyl (C=O) groups excluding carboxylic acids is 2. The van der Waals surface area contributed by atoms with Crippen LogP contribution in [0.15, 0.2) is 22.8 Å². The fourth-order valence-corrected chi connectivity index (χ4v) is 3.54. The average Bonchev–Trinajstić information content (AvgIpc) is 2.87. The van der Waals surface area contributed by atoms with E-state index in [2.05, 4.69) is 0 Å². The number of hydrogen-bond acceptors (Lipinski definition) is 3. The van der Waals surface area contributed by atoms with Gasteiger partial charge in [-0.2, -0.15) is 0 Å². The van der Waals surface area contributed by atoms with Gasteiger partial charge in [0.15, 0.2) is 5.76 Å². The van der Waals surface area contributed by atoms with E-state index >= 15 is 0 Å². The number of carbonyl (C=O) groups is 2. The molecule has 4 rings (SSSR count). The first-order valence-corrected chi connectivity index (χ1v) is 7.38. The molecule has 1 aromatic heterocycles. The Hall–Kier alpha value is -1.78. The normalized spacial score (nSPS) is 29.1. The summed E-state index contributed by atoms with van der Waals surface area (Å²) >= 11 is 0. The van der Waals surface area contributed by atoms with E-state index in [0.717, 1.165) is 19.5 Å². The molecule has 1 aromatic rings. The van der Waals surface area contributed by atoms with Crippen LogP contribution in [0.2, 0.25) is 0 Å². The maximum absolute atomic E-state index is 12.4.